The molecule has 2 N–H and O–H groups in total. The number of hydrogen-bond donors (Lipinski definition) is 1. The first-order valence-corrected chi connectivity index (χ1v) is 6.64. The first kappa shape index (κ1) is 13.8. The number of benzene rings is 2. The number of aromatic nitrogens is 1. The highest BCUT2D eigenvalue weighted by atomic mass is 16.6. The van der Waals surface area contributed by atoms with Crippen molar-refractivity contribution >= 4 is 22.3 Å². The van der Waals surface area contributed by atoms with E-state index < -0.39 is 4.92 Å². The Morgan fingerprint density at radius 1 is 1.18 bits per heavy atom. The maximum absolute atomic E-state index is 10.9. The standard InChI is InChI=1S/C16H13N3O3/c17-16-13-8-12(22-10-11-4-2-1-3-5-11)6-7-14(13)18-9-15(16)19(20)21/h1-9H,10H2,(H2,17,18). The zero-order valence-electron chi connectivity index (χ0n) is 11.6. The highest BCUT2D eigenvalue weighted by Crippen LogP contribution is 2.31. The summed E-state index contributed by atoms with van der Waals surface area (Å²) in [4.78, 5) is 14.4. The number of nitrogens with zero attached hydrogens (tertiary/aromatic N) is 2. The van der Waals surface area contributed by atoms with E-state index in [1.807, 2.05) is 30.3 Å². The Bertz CT molecular complexity index is 835. The normalized spacial score (nSPS) is 10.5. The molecule has 0 radical (unpaired) electrons. The van der Waals surface area contributed by atoms with Crippen LogP contribution in [0.1, 0.15) is 5.56 Å². The largest absolute Gasteiger partial charge is 0.489 e. The number of nitrogen functional groups attached to an aromatic ring is 1. The summed E-state index contributed by atoms with van der Waals surface area (Å²) in [5.74, 6) is 0.588. The predicted octanol–water partition coefficient (Wildman–Crippen LogP) is 3.30. The van der Waals surface area contributed by atoms with Crippen molar-refractivity contribution in [3.05, 3.63) is 70.4 Å². The highest BCUT2D eigenvalue weighted by molar-refractivity contribution is 5.95. The Morgan fingerprint density at radius 2 is 1.95 bits per heavy atom. The molecule has 0 unspecified atom stereocenters. The van der Waals surface area contributed by atoms with E-state index in [1.165, 1.54) is 6.20 Å². The summed E-state index contributed by atoms with van der Waals surface area (Å²) in [6.07, 6.45) is 1.17. The molecule has 2 aromatic carbocycles. The Labute approximate surface area is 126 Å². The maximum atomic E-state index is 10.9. The molecule has 0 aliphatic rings. The minimum absolute atomic E-state index is 0.0974. The van der Waals surface area contributed by atoms with Gasteiger partial charge in [0, 0.05) is 5.39 Å². The van der Waals surface area contributed by atoms with Crippen LogP contribution in [0.5, 0.6) is 5.75 Å². The third kappa shape index (κ3) is 2.67. The van der Waals surface area contributed by atoms with Crippen LogP contribution in [0, 0.1) is 10.1 Å². The van der Waals surface area contributed by atoms with Gasteiger partial charge in [-0.25, -0.2) is 4.98 Å². The van der Waals surface area contributed by atoms with Gasteiger partial charge in [-0.3, -0.25) is 10.1 Å². The quantitative estimate of drug-likeness (QED) is 0.589. The molecule has 0 aliphatic carbocycles. The fourth-order valence-corrected chi connectivity index (χ4v) is 2.16. The molecule has 1 heterocycles. The van der Waals surface area contributed by atoms with Gasteiger partial charge in [0.2, 0.25) is 0 Å². The Hall–Kier alpha value is -3.15. The molecule has 3 rings (SSSR count). The lowest BCUT2D eigenvalue weighted by Gasteiger charge is -2.08. The average Bonchev–Trinajstić information content (AvgIpc) is 2.54. The molecule has 0 fully saturated rings. The van der Waals surface area contributed by atoms with Crippen LogP contribution in [0.3, 0.4) is 0 Å². The second kappa shape index (κ2) is 5.69. The van der Waals surface area contributed by atoms with Gasteiger partial charge in [-0.2, -0.15) is 0 Å². The Morgan fingerprint density at radius 3 is 2.68 bits per heavy atom. The Kier molecular flexibility index (Phi) is 3.57. The van der Waals surface area contributed by atoms with Crippen LogP contribution in [-0.2, 0) is 6.61 Å². The van der Waals surface area contributed by atoms with Gasteiger partial charge >= 0.3 is 5.69 Å². The van der Waals surface area contributed by atoms with Crippen LogP contribution in [0.2, 0.25) is 0 Å². The van der Waals surface area contributed by atoms with Crippen molar-refractivity contribution in [3.63, 3.8) is 0 Å². The van der Waals surface area contributed by atoms with E-state index in [9.17, 15) is 10.1 Å². The highest BCUT2D eigenvalue weighted by Gasteiger charge is 2.15. The summed E-state index contributed by atoms with van der Waals surface area (Å²) in [6, 6.07) is 14.9. The second-order valence-corrected chi connectivity index (χ2v) is 4.77. The summed E-state index contributed by atoms with van der Waals surface area (Å²) in [5, 5.41) is 11.4. The van der Waals surface area contributed by atoms with Crippen molar-refractivity contribution < 1.29 is 9.66 Å². The summed E-state index contributed by atoms with van der Waals surface area (Å²) >= 11 is 0. The third-order valence-electron chi connectivity index (χ3n) is 3.31. The number of hydrogen-bond acceptors (Lipinski definition) is 5. The van der Waals surface area contributed by atoms with E-state index in [4.69, 9.17) is 10.5 Å². The number of pyridine rings is 1. The fourth-order valence-electron chi connectivity index (χ4n) is 2.16. The fraction of sp³-hybridized carbons (Fsp3) is 0.0625. The van der Waals surface area contributed by atoms with E-state index in [0.717, 1.165) is 5.56 Å². The number of rotatable bonds is 4. The number of nitro groups is 1. The van der Waals surface area contributed by atoms with Crippen molar-refractivity contribution in [1.82, 2.24) is 4.98 Å². The smallest absolute Gasteiger partial charge is 0.310 e. The second-order valence-electron chi connectivity index (χ2n) is 4.77. The molecule has 0 saturated heterocycles. The molecular weight excluding hydrogens is 282 g/mol. The van der Waals surface area contributed by atoms with Crippen LogP contribution in [0.4, 0.5) is 11.4 Å². The van der Waals surface area contributed by atoms with Gasteiger partial charge in [0.1, 0.15) is 24.2 Å². The number of nitrogens with two attached hydrogens (primary N) is 1. The molecule has 0 aliphatic heterocycles. The van der Waals surface area contributed by atoms with Crippen LogP contribution < -0.4 is 10.5 Å². The molecule has 0 atom stereocenters. The molecule has 22 heavy (non-hydrogen) atoms. The maximum Gasteiger partial charge on any atom is 0.310 e. The molecule has 1 aromatic heterocycles. The number of anilines is 1. The lowest BCUT2D eigenvalue weighted by atomic mass is 10.1. The van der Waals surface area contributed by atoms with Gasteiger partial charge in [0.05, 0.1) is 10.4 Å². The van der Waals surface area contributed by atoms with E-state index in [2.05, 4.69) is 4.98 Å². The first-order chi connectivity index (χ1) is 10.6. The molecule has 0 bridgehead atoms. The summed E-state index contributed by atoms with van der Waals surface area (Å²) < 4.78 is 5.70. The van der Waals surface area contributed by atoms with E-state index in [-0.39, 0.29) is 11.4 Å². The van der Waals surface area contributed by atoms with Gasteiger partial charge < -0.3 is 10.5 Å². The molecule has 0 amide bonds. The van der Waals surface area contributed by atoms with Crippen molar-refractivity contribution in [2.75, 3.05) is 5.73 Å². The minimum atomic E-state index is -0.542. The Balaban J connectivity index is 1.91. The van der Waals surface area contributed by atoms with Gasteiger partial charge in [-0.1, -0.05) is 30.3 Å². The number of fused-ring (bicyclic) bond motifs is 1. The van der Waals surface area contributed by atoms with E-state index in [1.54, 1.807) is 18.2 Å². The zero-order chi connectivity index (χ0) is 15.5. The van der Waals surface area contributed by atoms with Crippen molar-refractivity contribution in [2.24, 2.45) is 0 Å². The first-order valence-electron chi connectivity index (χ1n) is 6.64. The van der Waals surface area contributed by atoms with Gasteiger partial charge in [0.15, 0.2) is 0 Å². The van der Waals surface area contributed by atoms with Crippen molar-refractivity contribution in [2.45, 2.75) is 6.61 Å². The molecule has 3 aromatic rings. The summed E-state index contributed by atoms with van der Waals surface area (Å²) in [7, 11) is 0. The summed E-state index contributed by atoms with van der Waals surface area (Å²) in [5.41, 5.74) is 7.38. The van der Waals surface area contributed by atoms with Crippen molar-refractivity contribution in [1.29, 1.82) is 0 Å². The molecule has 6 heteroatoms. The molecule has 6 nitrogen and oxygen atoms in total. The topological polar surface area (TPSA) is 91.3 Å². The van der Waals surface area contributed by atoms with Gasteiger partial charge in [0.25, 0.3) is 0 Å². The van der Waals surface area contributed by atoms with Crippen LogP contribution in [0.25, 0.3) is 10.9 Å². The molecule has 110 valence electrons. The minimum Gasteiger partial charge on any atom is -0.489 e. The lowest BCUT2D eigenvalue weighted by molar-refractivity contribution is -0.384. The van der Waals surface area contributed by atoms with E-state index in [0.29, 0.717) is 23.3 Å². The van der Waals surface area contributed by atoms with Gasteiger partial charge in [-0.05, 0) is 23.8 Å². The average molecular weight is 295 g/mol. The van der Waals surface area contributed by atoms with Crippen LogP contribution in [0.15, 0.2) is 54.7 Å². The third-order valence-corrected chi connectivity index (χ3v) is 3.31. The monoisotopic (exact) mass is 295 g/mol. The molecule has 0 spiro atoms. The predicted molar refractivity (Wildman–Crippen MR) is 83.6 cm³/mol. The van der Waals surface area contributed by atoms with Crippen LogP contribution in [-0.4, -0.2) is 9.91 Å². The van der Waals surface area contributed by atoms with Crippen molar-refractivity contribution in [3.8, 4) is 5.75 Å². The zero-order valence-corrected chi connectivity index (χ0v) is 11.6. The lowest BCUT2D eigenvalue weighted by Crippen LogP contribution is -1.99. The van der Waals surface area contributed by atoms with Gasteiger partial charge in [-0.15, -0.1) is 0 Å². The SMILES string of the molecule is Nc1c([N+](=O)[O-])cnc2ccc(OCc3ccccc3)cc12. The molecule has 0 saturated carbocycles. The summed E-state index contributed by atoms with van der Waals surface area (Å²) in [6.45, 7) is 0.411. The van der Waals surface area contributed by atoms with Crippen LogP contribution >= 0.6 is 0 Å². The van der Waals surface area contributed by atoms with E-state index >= 15 is 0 Å². The molecular formula is C16H13N3O3. The number of ether oxygens (including phenoxy) is 1.